The Morgan fingerprint density at radius 2 is 2.29 bits per heavy atom. The number of hydrogen-bond donors (Lipinski definition) is 1. The minimum atomic E-state index is 0.00716. The van der Waals surface area contributed by atoms with E-state index < -0.39 is 0 Å². The number of nitrogens with zero attached hydrogens (tertiary/aromatic N) is 3. The first-order valence-corrected chi connectivity index (χ1v) is 5.81. The highest BCUT2D eigenvalue weighted by Gasteiger charge is 2.39. The zero-order chi connectivity index (χ0) is 12.6. The van der Waals surface area contributed by atoms with Crippen molar-refractivity contribution in [2.24, 2.45) is 10.7 Å². The molecular weight excluding hydrogens is 240 g/mol. The maximum absolute atomic E-state index is 11.8. The third-order valence-corrected chi connectivity index (χ3v) is 3.00. The van der Waals surface area contributed by atoms with Gasteiger partial charge in [-0.25, -0.2) is 4.99 Å². The van der Waals surface area contributed by atoms with Crippen molar-refractivity contribution in [3.8, 4) is 0 Å². The lowest BCUT2D eigenvalue weighted by Crippen LogP contribution is -2.51. The van der Waals surface area contributed by atoms with Gasteiger partial charge in [0, 0.05) is 19.3 Å². The highest BCUT2D eigenvalue weighted by atomic mass is 35.5. The fourth-order valence-corrected chi connectivity index (χ4v) is 1.95. The molecule has 1 amide bonds. The Bertz CT molecular complexity index is 425. The molecule has 0 aromatic carbocycles. The Morgan fingerprint density at radius 3 is 2.76 bits per heavy atom. The smallest absolute Gasteiger partial charge is 0.246 e. The molecule has 0 radical (unpaired) electrons. The van der Waals surface area contributed by atoms with E-state index in [0.29, 0.717) is 24.1 Å². The van der Waals surface area contributed by atoms with Gasteiger partial charge in [-0.15, -0.1) is 0 Å². The van der Waals surface area contributed by atoms with Crippen LogP contribution in [0.25, 0.3) is 0 Å². The van der Waals surface area contributed by atoms with E-state index in [0.717, 1.165) is 12.8 Å². The fraction of sp³-hybridized carbons (Fsp3) is 0.455. The summed E-state index contributed by atoms with van der Waals surface area (Å²) in [5, 5.41) is 0.188. The molecule has 2 fully saturated rings. The second kappa shape index (κ2) is 4.41. The summed E-state index contributed by atoms with van der Waals surface area (Å²) < 4.78 is 0. The number of carbonyl (C=O) groups excluding carboxylic acids is 1. The molecule has 0 atom stereocenters. The number of amides is 1. The summed E-state index contributed by atoms with van der Waals surface area (Å²) in [4.78, 5) is 19.5. The van der Waals surface area contributed by atoms with Crippen LogP contribution >= 0.6 is 11.6 Å². The molecule has 1 saturated carbocycles. The maximum Gasteiger partial charge on any atom is 0.246 e. The number of carbonyl (C=O) groups is 1. The van der Waals surface area contributed by atoms with Crippen LogP contribution in [-0.2, 0) is 4.79 Å². The van der Waals surface area contributed by atoms with Gasteiger partial charge in [0.05, 0.1) is 6.54 Å². The first-order chi connectivity index (χ1) is 8.04. The first-order valence-electron chi connectivity index (χ1n) is 5.43. The summed E-state index contributed by atoms with van der Waals surface area (Å²) in [6.07, 6.45) is 3.52. The lowest BCUT2D eigenvalue weighted by atomic mass is 10.2. The van der Waals surface area contributed by atoms with Crippen molar-refractivity contribution in [2.75, 3.05) is 13.6 Å². The largest absolute Gasteiger partial charge is 0.403 e. The Hall–Kier alpha value is -1.49. The number of hydrogen-bond acceptors (Lipinski definition) is 3. The number of amidine groups is 1. The maximum atomic E-state index is 11.8. The lowest BCUT2D eigenvalue weighted by molar-refractivity contribution is -0.129. The Labute approximate surface area is 105 Å². The van der Waals surface area contributed by atoms with Gasteiger partial charge in [-0.3, -0.25) is 4.79 Å². The van der Waals surface area contributed by atoms with E-state index in [-0.39, 0.29) is 11.1 Å². The molecule has 0 bridgehead atoms. The van der Waals surface area contributed by atoms with Crippen molar-refractivity contribution in [3.05, 3.63) is 23.6 Å². The van der Waals surface area contributed by atoms with Crippen molar-refractivity contribution >= 4 is 23.3 Å². The summed E-state index contributed by atoms with van der Waals surface area (Å²) in [5.41, 5.74) is 6.15. The van der Waals surface area contributed by atoms with Crippen molar-refractivity contribution in [1.82, 2.24) is 9.80 Å². The van der Waals surface area contributed by atoms with E-state index in [4.69, 9.17) is 17.3 Å². The number of piperazine rings is 1. The molecule has 0 unspecified atom stereocenters. The number of nitrogens with two attached hydrogens (primary N) is 1. The van der Waals surface area contributed by atoms with Crippen LogP contribution in [0.2, 0.25) is 0 Å². The van der Waals surface area contributed by atoms with Crippen LogP contribution in [0.3, 0.4) is 0 Å². The Balaban J connectivity index is 2.39. The fourth-order valence-electron chi connectivity index (χ4n) is 1.87. The minimum Gasteiger partial charge on any atom is -0.403 e. The van der Waals surface area contributed by atoms with E-state index in [9.17, 15) is 4.79 Å². The standard InChI is InChI=1S/C11H15ClN4O/c1-7(12)14-11-9(5-13)15(2)10(17)6-16(11)8-3-4-8/h5,8H,1,3-4,6,13H2,2H3/b9-5+,14-11?. The van der Waals surface area contributed by atoms with Gasteiger partial charge >= 0.3 is 0 Å². The van der Waals surface area contributed by atoms with Gasteiger partial charge in [-0.2, -0.15) is 0 Å². The van der Waals surface area contributed by atoms with Gasteiger partial charge in [0.2, 0.25) is 5.91 Å². The van der Waals surface area contributed by atoms with Crippen LogP contribution < -0.4 is 5.73 Å². The number of aliphatic imine (C=N–C) groups is 1. The highest BCUT2D eigenvalue weighted by molar-refractivity contribution is 6.30. The van der Waals surface area contributed by atoms with E-state index in [1.54, 1.807) is 7.05 Å². The molecule has 92 valence electrons. The first kappa shape index (κ1) is 12.0. The second-order valence-electron chi connectivity index (χ2n) is 4.18. The van der Waals surface area contributed by atoms with Crippen molar-refractivity contribution in [2.45, 2.75) is 18.9 Å². The van der Waals surface area contributed by atoms with Gasteiger partial charge < -0.3 is 15.5 Å². The topological polar surface area (TPSA) is 61.9 Å². The third kappa shape index (κ3) is 2.29. The second-order valence-corrected chi connectivity index (χ2v) is 4.61. The van der Waals surface area contributed by atoms with Crippen LogP contribution in [0.15, 0.2) is 28.6 Å². The summed E-state index contributed by atoms with van der Waals surface area (Å²) in [6.45, 7) is 3.88. The monoisotopic (exact) mass is 254 g/mol. The molecule has 1 aliphatic carbocycles. The summed E-state index contributed by atoms with van der Waals surface area (Å²) >= 11 is 5.73. The van der Waals surface area contributed by atoms with Gasteiger partial charge in [0.25, 0.3) is 0 Å². The molecule has 0 aromatic heterocycles. The SMILES string of the molecule is C=C(Cl)N=C1/C(=C\N)N(C)C(=O)CN1C1CC1. The molecule has 1 aliphatic heterocycles. The number of rotatable bonds is 2. The molecule has 1 heterocycles. The van der Waals surface area contributed by atoms with Crippen molar-refractivity contribution in [1.29, 1.82) is 0 Å². The van der Waals surface area contributed by atoms with E-state index >= 15 is 0 Å². The van der Waals surface area contributed by atoms with Gasteiger partial charge in [0.15, 0.2) is 5.84 Å². The zero-order valence-corrected chi connectivity index (χ0v) is 10.4. The minimum absolute atomic E-state index is 0.00716. The van der Waals surface area contributed by atoms with E-state index in [1.165, 1.54) is 11.1 Å². The van der Waals surface area contributed by atoms with Crippen LogP contribution in [0.1, 0.15) is 12.8 Å². The molecule has 5 nitrogen and oxygen atoms in total. The average molecular weight is 255 g/mol. The summed E-state index contributed by atoms with van der Waals surface area (Å²) in [5.74, 6) is 0.643. The molecule has 0 spiro atoms. The van der Waals surface area contributed by atoms with Crippen LogP contribution in [0.5, 0.6) is 0 Å². The zero-order valence-electron chi connectivity index (χ0n) is 9.69. The van der Waals surface area contributed by atoms with Crippen LogP contribution in [0, 0.1) is 0 Å². The molecule has 2 N–H and O–H groups in total. The molecule has 2 aliphatic rings. The van der Waals surface area contributed by atoms with Crippen LogP contribution in [0.4, 0.5) is 0 Å². The van der Waals surface area contributed by atoms with Crippen molar-refractivity contribution in [3.63, 3.8) is 0 Å². The van der Waals surface area contributed by atoms with Gasteiger partial charge in [0.1, 0.15) is 10.9 Å². The summed E-state index contributed by atoms with van der Waals surface area (Å²) in [6, 6.07) is 0.373. The lowest BCUT2D eigenvalue weighted by Gasteiger charge is -2.36. The quantitative estimate of drug-likeness (QED) is 0.743. The van der Waals surface area contributed by atoms with E-state index in [2.05, 4.69) is 11.6 Å². The van der Waals surface area contributed by atoms with E-state index in [1.807, 2.05) is 4.90 Å². The molecule has 17 heavy (non-hydrogen) atoms. The summed E-state index contributed by atoms with van der Waals surface area (Å²) in [7, 11) is 1.68. The number of halogens is 1. The predicted molar refractivity (Wildman–Crippen MR) is 67.2 cm³/mol. The number of likely N-dealkylation sites (N-methyl/N-ethyl adjacent to an activating group) is 1. The van der Waals surface area contributed by atoms with Gasteiger partial charge in [-0.1, -0.05) is 18.2 Å². The molecule has 0 aromatic rings. The Kier molecular flexibility index (Phi) is 3.11. The van der Waals surface area contributed by atoms with Crippen molar-refractivity contribution < 1.29 is 4.79 Å². The molecule has 2 rings (SSSR count). The third-order valence-electron chi connectivity index (χ3n) is 2.91. The predicted octanol–water partition coefficient (Wildman–Crippen LogP) is 0.831. The van der Waals surface area contributed by atoms with Crippen LogP contribution in [-0.4, -0.2) is 41.2 Å². The molecule has 1 saturated heterocycles. The molecule has 6 heteroatoms. The van der Waals surface area contributed by atoms with Gasteiger partial charge in [-0.05, 0) is 12.8 Å². The Morgan fingerprint density at radius 1 is 1.65 bits per heavy atom. The highest BCUT2D eigenvalue weighted by Crippen LogP contribution is 2.31. The molecular formula is C11H15ClN4O. The normalized spacial score (nSPS) is 25.9. The average Bonchev–Trinajstić information content (AvgIpc) is 3.07.